The Bertz CT molecular complexity index is 413. The van der Waals surface area contributed by atoms with Gasteiger partial charge in [0, 0.05) is 25.0 Å². The average molecular weight is 259 g/mol. The number of imidazole rings is 1. The number of nitrogens with zero attached hydrogens (tertiary/aromatic N) is 2. The molecule has 0 amide bonds. The highest BCUT2D eigenvalue weighted by atomic mass is 15.2. The fourth-order valence-corrected chi connectivity index (χ4v) is 3.90. The second-order valence-electron chi connectivity index (χ2n) is 6.82. The molecule has 3 fully saturated rings. The highest BCUT2D eigenvalue weighted by molar-refractivity contribution is 5.27. The van der Waals surface area contributed by atoms with Gasteiger partial charge in [0.15, 0.2) is 0 Å². The molecule has 104 valence electrons. The molecule has 0 unspecified atom stereocenters. The fraction of sp³-hybridized carbons (Fsp3) is 0.812. The van der Waals surface area contributed by atoms with Gasteiger partial charge in [0.25, 0.3) is 0 Å². The van der Waals surface area contributed by atoms with E-state index >= 15 is 0 Å². The summed E-state index contributed by atoms with van der Waals surface area (Å²) < 4.78 is 2.39. The van der Waals surface area contributed by atoms with Crippen molar-refractivity contribution in [2.24, 2.45) is 17.8 Å². The molecule has 0 aliphatic heterocycles. The summed E-state index contributed by atoms with van der Waals surface area (Å²) in [4.78, 5) is 4.54. The zero-order valence-electron chi connectivity index (χ0n) is 11.7. The summed E-state index contributed by atoms with van der Waals surface area (Å²) in [7, 11) is 0. The summed E-state index contributed by atoms with van der Waals surface area (Å²) >= 11 is 0. The Balaban J connectivity index is 1.40. The molecule has 0 aromatic carbocycles. The maximum absolute atomic E-state index is 4.54. The average Bonchev–Trinajstić information content (AvgIpc) is 3.33. The minimum Gasteiger partial charge on any atom is -0.355 e. The van der Waals surface area contributed by atoms with Crippen molar-refractivity contribution in [2.75, 3.05) is 11.9 Å². The van der Waals surface area contributed by atoms with E-state index in [1.807, 2.05) is 6.20 Å². The summed E-state index contributed by atoms with van der Waals surface area (Å²) in [5, 5.41) is 3.66. The van der Waals surface area contributed by atoms with Gasteiger partial charge < -0.3 is 9.88 Å². The minimum atomic E-state index is 0.699. The first-order valence-corrected chi connectivity index (χ1v) is 8.18. The summed E-state index contributed by atoms with van der Waals surface area (Å²) in [5.41, 5.74) is 0. The number of nitrogens with one attached hydrogen (secondary N) is 1. The smallest absolute Gasteiger partial charge is 0.203 e. The molecule has 1 aromatic rings. The lowest BCUT2D eigenvalue weighted by atomic mass is 9.98. The standard InChI is InChI=1S/C16H25N3/c1-2-4-14(3-1)19-10-9-17-16(19)18-11-15(12-5-6-12)13-7-8-13/h9-10,12-15H,1-8,11H2,(H,17,18). The first-order chi connectivity index (χ1) is 9.42. The summed E-state index contributed by atoms with van der Waals surface area (Å²) in [5.74, 6) is 4.09. The van der Waals surface area contributed by atoms with Gasteiger partial charge in [-0.05, 0) is 56.3 Å². The van der Waals surface area contributed by atoms with E-state index in [0.29, 0.717) is 6.04 Å². The Morgan fingerprint density at radius 3 is 2.42 bits per heavy atom. The Labute approximate surface area is 115 Å². The molecule has 3 saturated carbocycles. The van der Waals surface area contributed by atoms with E-state index in [0.717, 1.165) is 30.2 Å². The van der Waals surface area contributed by atoms with Crippen LogP contribution < -0.4 is 5.32 Å². The lowest BCUT2D eigenvalue weighted by Gasteiger charge is -2.19. The molecule has 1 aromatic heterocycles. The van der Waals surface area contributed by atoms with Gasteiger partial charge in [0.1, 0.15) is 0 Å². The second-order valence-corrected chi connectivity index (χ2v) is 6.82. The molecule has 0 spiro atoms. The second kappa shape index (κ2) is 4.84. The Morgan fingerprint density at radius 2 is 1.79 bits per heavy atom. The van der Waals surface area contributed by atoms with Gasteiger partial charge in [-0.2, -0.15) is 0 Å². The van der Waals surface area contributed by atoms with Gasteiger partial charge >= 0.3 is 0 Å². The van der Waals surface area contributed by atoms with Crippen LogP contribution in [0.4, 0.5) is 5.95 Å². The van der Waals surface area contributed by atoms with Crippen LogP contribution in [-0.2, 0) is 0 Å². The number of rotatable bonds is 6. The maximum atomic E-state index is 4.54. The number of anilines is 1. The van der Waals surface area contributed by atoms with Crippen molar-refractivity contribution >= 4 is 5.95 Å². The van der Waals surface area contributed by atoms with E-state index < -0.39 is 0 Å². The van der Waals surface area contributed by atoms with E-state index in [1.165, 1.54) is 51.4 Å². The first kappa shape index (κ1) is 11.8. The third-order valence-electron chi connectivity index (χ3n) is 5.34. The molecule has 0 saturated heterocycles. The zero-order chi connectivity index (χ0) is 12.7. The lowest BCUT2D eigenvalue weighted by Crippen LogP contribution is -2.21. The number of aromatic nitrogens is 2. The molecule has 1 heterocycles. The molecule has 0 atom stereocenters. The topological polar surface area (TPSA) is 29.9 Å². The van der Waals surface area contributed by atoms with E-state index in [9.17, 15) is 0 Å². The molecule has 0 radical (unpaired) electrons. The van der Waals surface area contributed by atoms with Crippen molar-refractivity contribution in [1.82, 2.24) is 9.55 Å². The molecular formula is C16H25N3. The van der Waals surface area contributed by atoms with Gasteiger partial charge in [-0.3, -0.25) is 0 Å². The Hall–Kier alpha value is -0.990. The van der Waals surface area contributed by atoms with Gasteiger partial charge in [0.05, 0.1) is 0 Å². The molecule has 3 aliphatic carbocycles. The van der Waals surface area contributed by atoms with Crippen LogP contribution >= 0.6 is 0 Å². The van der Waals surface area contributed by atoms with Gasteiger partial charge in [0.2, 0.25) is 5.95 Å². The van der Waals surface area contributed by atoms with Crippen molar-refractivity contribution in [3.05, 3.63) is 12.4 Å². The van der Waals surface area contributed by atoms with Crippen LogP contribution in [0.5, 0.6) is 0 Å². The van der Waals surface area contributed by atoms with Crippen LogP contribution in [0.15, 0.2) is 12.4 Å². The van der Waals surface area contributed by atoms with Crippen LogP contribution in [0.3, 0.4) is 0 Å². The summed E-state index contributed by atoms with van der Waals surface area (Å²) in [6.07, 6.45) is 15.5. The van der Waals surface area contributed by atoms with Crippen LogP contribution in [0, 0.1) is 17.8 Å². The summed E-state index contributed by atoms with van der Waals surface area (Å²) in [6.45, 7) is 1.15. The van der Waals surface area contributed by atoms with Crippen LogP contribution in [0.1, 0.15) is 57.4 Å². The van der Waals surface area contributed by atoms with E-state index in [-0.39, 0.29) is 0 Å². The third kappa shape index (κ3) is 2.52. The monoisotopic (exact) mass is 259 g/mol. The molecule has 3 aliphatic rings. The van der Waals surface area contributed by atoms with Crippen LogP contribution in [0.25, 0.3) is 0 Å². The highest BCUT2D eigenvalue weighted by Gasteiger charge is 2.41. The number of hydrogen-bond donors (Lipinski definition) is 1. The maximum Gasteiger partial charge on any atom is 0.203 e. The van der Waals surface area contributed by atoms with E-state index in [2.05, 4.69) is 21.1 Å². The van der Waals surface area contributed by atoms with Crippen LogP contribution in [-0.4, -0.2) is 16.1 Å². The number of hydrogen-bond acceptors (Lipinski definition) is 2. The summed E-state index contributed by atoms with van der Waals surface area (Å²) in [6, 6.07) is 0.699. The van der Waals surface area contributed by atoms with E-state index in [1.54, 1.807) is 0 Å². The van der Waals surface area contributed by atoms with Crippen molar-refractivity contribution in [2.45, 2.75) is 57.4 Å². The largest absolute Gasteiger partial charge is 0.355 e. The molecule has 4 rings (SSSR count). The quantitative estimate of drug-likeness (QED) is 0.841. The predicted octanol–water partition coefficient (Wildman–Crippen LogP) is 3.85. The van der Waals surface area contributed by atoms with Gasteiger partial charge in [-0.25, -0.2) is 4.98 Å². The fourth-order valence-electron chi connectivity index (χ4n) is 3.90. The molecule has 3 nitrogen and oxygen atoms in total. The zero-order valence-corrected chi connectivity index (χ0v) is 11.7. The van der Waals surface area contributed by atoms with Crippen LogP contribution in [0.2, 0.25) is 0 Å². The van der Waals surface area contributed by atoms with Gasteiger partial charge in [-0.1, -0.05) is 12.8 Å². The van der Waals surface area contributed by atoms with Crippen molar-refractivity contribution in [1.29, 1.82) is 0 Å². The minimum absolute atomic E-state index is 0.699. The first-order valence-electron chi connectivity index (χ1n) is 8.18. The molecule has 19 heavy (non-hydrogen) atoms. The Kier molecular flexibility index (Phi) is 3.01. The van der Waals surface area contributed by atoms with Crippen molar-refractivity contribution < 1.29 is 0 Å². The predicted molar refractivity (Wildman–Crippen MR) is 77.2 cm³/mol. The van der Waals surface area contributed by atoms with Gasteiger partial charge in [-0.15, -0.1) is 0 Å². The molecular weight excluding hydrogens is 234 g/mol. The molecule has 3 heteroatoms. The van der Waals surface area contributed by atoms with Crippen molar-refractivity contribution in [3.8, 4) is 0 Å². The normalized spacial score (nSPS) is 24.3. The third-order valence-corrected chi connectivity index (χ3v) is 5.34. The highest BCUT2D eigenvalue weighted by Crippen LogP contribution is 2.49. The van der Waals surface area contributed by atoms with E-state index in [4.69, 9.17) is 0 Å². The lowest BCUT2D eigenvalue weighted by molar-refractivity contribution is 0.424. The molecule has 1 N–H and O–H groups in total. The molecule has 0 bridgehead atoms. The van der Waals surface area contributed by atoms with Crippen molar-refractivity contribution in [3.63, 3.8) is 0 Å². The Morgan fingerprint density at radius 1 is 1.11 bits per heavy atom. The SMILES string of the molecule is c1cn(C2CCCC2)c(NCC(C2CC2)C2CC2)n1.